The summed E-state index contributed by atoms with van der Waals surface area (Å²) in [4.78, 5) is 19.3. The molecule has 1 aromatic rings. The summed E-state index contributed by atoms with van der Waals surface area (Å²) in [5.41, 5.74) is 0.226. The normalized spacial score (nSPS) is 18.9. The van der Waals surface area contributed by atoms with Crippen molar-refractivity contribution in [2.75, 3.05) is 25.4 Å². The summed E-state index contributed by atoms with van der Waals surface area (Å²) in [5.74, 6) is -0.145. The van der Waals surface area contributed by atoms with Gasteiger partial charge < -0.3 is 5.32 Å². The number of carbonyl (C=O) groups is 1. The smallest absolute Gasteiger partial charge is 0.271 e. The average Bonchev–Trinajstić information content (AvgIpc) is 2.41. The fourth-order valence-electron chi connectivity index (χ4n) is 1.89. The highest BCUT2D eigenvalue weighted by Gasteiger charge is 2.25. The van der Waals surface area contributed by atoms with Crippen LogP contribution >= 0.6 is 0 Å². The highest BCUT2D eigenvalue weighted by Crippen LogP contribution is 2.12. The highest BCUT2D eigenvalue weighted by molar-refractivity contribution is 7.89. The Balaban J connectivity index is 1.82. The third kappa shape index (κ3) is 3.71. The number of sulfonamides is 1. The highest BCUT2D eigenvalue weighted by atomic mass is 32.2. The van der Waals surface area contributed by atoms with Crippen molar-refractivity contribution in [1.82, 2.24) is 19.6 Å². The van der Waals surface area contributed by atoms with Crippen molar-refractivity contribution in [2.24, 2.45) is 0 Å². The lowest BCUT2D eigenvalue weighted by Gasteiger charge is -2.26. The summed E-state index contributed by atoms with van der Waals surface area (Å²) in [6.45, 7) is 1.10. The van der Waals surface area contributed by atoms with Crippen LogP contribution in [0.5, 0.6) is 0 Å². The van der Waals surface area contributed by atoms with E-state index >= 15 is 0 Å². The summed E-state index contributed by atoms with van der Waals surface area (Å²) in [5, 5.41) is 2.64. The first kappa shape index (κ1) is 13.9. The van der Waals surface area contributed by atoms with Crippen LogP contribution in [0.3, 0.4) is 0 Å². The van der Waals surface area contributed by atoms with Gasteiger partial charge in [0.25, 0.3) is 5.91 Å². The number of nitrogens with zero attached hydrogens (tertiary/aromatic N) is 3. The standard InChI is InChI=1S/C11H16N4O3S/c16-11(10-9-12-3-4-13-10)14-5-7-15-6-1-2-8-19(15,17)18/h3-4,9H,1-2,5-8H2,(H,14,16). The predicted octanol–water partition coefficient (Wildman–Crippen LogP) is -0.368. The van der Waals surface area contributed by atoms with Crippen molar-refractivity contribution in [3.8, 4) is 0 Å². The lowest BCUT2D eigenvalue weighted by molar-refractivity contribution is 0.0946. The molecule has 1 aromatic heterocycles. The Kier molecular flexibility index (Phi) is 4.43. The van der Waals surface area contributed by atoms with Gasteiger partial charge in [0, 0.05) is 32.0 Å². The second-order valence-corrected chi connectivity index (χ2v) is 6.36. The van der Waals surface area contributed by atoms with Crippen LogP contribution in [0.25, 0.3) is 0 Å². The molecule has 0 bridgehead atoms. The second kappa shape index (κ2) is 6.07. The second-order valence-electron chi connectivity index (χ2n) is 4.27. The Hall–Kier alpha value is -1.54. The van der Waals surface area contributed by atoms with E-state index < -0.39 is 10.0 Å². The number of rotatable bonds is 4. The van der Waals surface area contributed by atoms with Crippen LogP contribution in [0.2, 0.25) is 0 Å². The molecular weight excluding hydrogens is 268 g/mol. The Morgan fingerprint density at radius 1 is 1.37 bits per heavy atom. The summed E-state index contributed by atoms with van der Waals surface area (Å²) >= 11 is 0. The van der Waals surface area contributed by atoms with E-state index in [9.17, 15) is 13.2 Å². The van der Waals surface area contributed by atoms with E-state index in [0.717, 1.165) is 6.42 Å². The molecule has 2 rings (SSSR count). The fraction of sp³-hybridized carbons (Fsp3) is 0.545. The number of amides is 1. The number of aromatic nitrogens is 2. The largest absolute Gasteiger partial charge is 0.349 e. The van der Waals surface area contributed by atoms with Gasteiger partial charge in [0.2, 0.25) is 10.0 Å². The summed E-state index contributed by atoms with van der Waals surface area (Å²) < 4.78 is 24.9. The van der Waals surface area contributed by atoms with Crippen molar-refractivity contribution >= 4 is 15.9 Å². The third-order valence-electron chi connectivity index (χ3n) is 2.90. The Labute approximate surface area is 112 Å². The molecule has 1 N–H and O–H groups in total. The van der Waals surface area contributed by atoms with Crippen LogP contribution in [-0.2, 0) is 10.0 Å². The number of nitrogens with one attached hydrogen (secondary N) is 1. The van der Waals surface area contributed by atoms with Gasteiger partial charge in [-0.15, -0.1) is 0 Å². The summed E-state index contributed by atoms with van der Waals surface area (Å²) in [7, 11) is -3.13. The quantitative estimate of drug-likeness (QED) is 0.814. The summed E-state index contributed by atoms with van der Waals surface area (Å²) in [6.07, 6.45) is 5.87. The molecule has 0 spiro atoms. The molecule has 0 aromatic carbocycles. The Morgan fingerprint density at radius 3 is 2.89 bits per heavy atom. The molecule has 7 nitrogen and oxygen atoms in total. The van der Waals surface area contributed by atoms with E-state index in [0.29, 0.717) is 19.5 Å². The molecule has 1 fully saturated rings. The van der Waals surface area contributed by atoms with Gasteiger partial charge in [0.1, 0.15) is 5.69 Å². The fourth-order valence-corrected chi connectivity index (χ4v) is 3.50. The monoisotopic (exact) mass is 284 g/mol. The minimum atomic E-state index is -3.13. The zero-order valence-electron chi connectivity index (χ0n) is 10.4. The van der Waals surface area contributed by atoms with Crippen LogP contribution in [0.15, 0.2) is 18.6 Å². The van der Waals surface area contributed by atoms with E-state index in [2.05, 4.69) is 15.3 Å². The van der Waals surface area contributed by atoms with Gasteiger partial charge in [-0.3, -0.25) is 9.78 Å². The molecule has 1 aliphatic heterocycles. The van der Waals surface area contributed by atoms with Crippen LogP contribution in [0.4, 0.5) is 0 Å². The van der Waals surface area contributed by atoms with Crippen molar-refractivity contribution < 1.29 is 13.2 Å². The van der Waals surface area contributed by atoms with E-state index in [-0.39, 0.29) is 23.9 Å². The van der Waals surface area contributed by atoms with Gasteiger partial charge in [0.15, 0.2) is 0 Å². The van der Waals surface area contributed by atoms with Crippen molar-refractivity contribution in [3.05, 3.63) is 24.3 Å². The van der Waals surface area contributed by atoms with Gasteiger partial charge >= 0.3 is 0 Å². The van der Waals surface area contributed by atoms with Crippen LogP contribution in [0, 0.1) is 0 Å². The lowest BCUT2D eigenvalue weighted by atomic mass is 10.3. The molecule has 8 heteroatoms. The molecule has 1 saturated heterocycles. The predicted molar refractivity (Wildman–Crippen MR) is 69.0 cm³/mol. The topological polar surface area (TPSA) is 92.3 Å². The minimum Gasteiger partial charge on any atom is -0.349 e. The molecule has 104 valence electrons. The van der Waals surface area contributed by atoms with Crippen molar-refractivity contribution in [3.63, 3.8) is 0 Å². The number of hydrogen-bond donors (Lipinski definition) is 1. The molecule has 0 unspecified atom stereocenters. The molecule has 1 amide bonds. The Morgan fingerprint density at radius 2 is 2.21 bits per heavy atom. The summed E-state index contributed by atoms with van der Waals surface area (Å²) in [6, 6.07) is 0. The molecular formula is C11H16N4O3S. The zero-order valence-corrected chi connectivity index (χ0v) is 11.3. The third-order valence-corrected chi connectivity index (χ3v) is 4.85. The maximum atomic E-state index is 11.7. The molecule has 1 aliphatic rings. The molecule has 0 atom stereocenters. The van der Waals surface area contributed by atoms with Gasteiger partial charge in [-0.05, 0) is 12.8 Å². The number of carbonyl (C=O) groups excluding carboxylic acids is 1. The lowest BCUT2D eigenvalue weighted by Crippen LogP contribution is -2.42. The molecule has 0 aliphatic carbocycles. The van der Waals surface area contributed by atoms with Crippen molar-refractivity contribution in [1.29, 1.82) is 0 Å². The maximum Gasteiger partial charge on any atom is 0.271 e. The zero-order chi connectivity index (χ0) is 13.7. The van der Waals surface area contributed by atoms with E-state index in [1.54, 1.807) is 0 Å². The molecule has 19 heavy (non-hydrogen) atoms. The Bertz CT molecular complexity index is 532. The first-order valence-electron chi connectivity index (χ1n) is 6.11. The van der Waals surface area contributed by atoms with E-state index in [4.69, 9.17) is 0 Å². The first-order valence-corrected chi connectivity index (χ1v) is 7.72. The van der Waals surface area contributed by atoms with Gasteiger partial charge in [-0.1, -0.05) is 0 Å². The van der Waals surface area contributed by atoms with Gasteiger partial charge in [0.05, 0.1) is 11.9 Å². The van der Waals surface area contributed by atoms with Crippen LogP contribution in [-0.4, -0.2) is 54.0 Å². The number of hydrogen-bond acceptors (Lipinski definition) is 5. The molecule has 2 heterocycles. The minimum absolute atomic E-state index is 0.200. The van der Waals surface area contributed by atoms with E-state index in [1.807, 2.05) is 0 Å². The SMILES string of the molecule is O=C(NCCN1CCCCS1(=O)=O)c1cnccn1. The first-order chi connectivity index (χ1) is 9.09. The van der Waals surface area contributed by atoms with Gasteiger partial charge in [-0.2, -0.15) is 0 Å². The average molecular weight is 284 g/mol. The van der Waals surface area contributed by atoms with Crippen molar-refractivity contribution in [2.45, 2.75) is 12.8 Å². The van der Waals surface area contributed by atoms with Gasteiger partial charge in [-0.25, -0.2) is 17.7 Å². The maximum absolute atomic E-state index is 11.7. The molecule has 0 radical (unpaired) electrons. The van der Waals surface area contributed by atoms with Crippen LogP contribution < -0.4 is 5.32 Å². The molecule has 0 saturated carbocycles. The van der Waals surface area contributed by atoms with Crippen LogP contribution in [0.1, 0.15) is 23.3 Å². The van der Waals surface area contributed by atoms with E-state index in [1.165, 1.54) is 22.9 Å².